The number of aryl methyl sites for hydroxylation is 2. The Morgan fingerprint density at radius 2 is 2.12 bits per heavy atom. The highest BCUT2D eigenvalue weighted by atomic mass is 15.1. The van der Waals surface area contributed by atoms with Crippen molar-refractivity contribution >= 4 is 11.6 Å². The van der Waals surface area contributed by atoms with E-state index in [0.717, 1.165) is 5.69 Å². The molecule has 0 aliphatic heterocycles. The van der Waals surface area contributed by atoms with E-state index in [0.29, 0.717) is 12.5 Å². The minimum absolute atomic E-state index is 0.394. The van der Waals surface area contributed by atoms with Crippen molar-refractivity contribution in [3.05, 3.63) is 29.3 Å². The van der Waals surface area contributed by atoms with Crippen molar-refractivity contribution in [3.63, 3.8) is 0 Å². The summed E-state index contributed by atoms with van der Waals surface area (Å²) < 4.78 is 0. The predicted molar refractivity (Wildman–Crippen MR) is 69.5 cm³/mol. The highest BCUT2D eigenvalue weighted by molar-refractivity contribution is 5.92. The fraction of sp³-hybridized carbons (Fsp3) is 0.308. The van der Waals surface area contributed by atoms with Gasteiger partial charge >= 0.3 is 0 Å². The zero-order valence-electron chi connectivity index (χ0n) is 9.96. The monoisotopic (exact) mass is 215 g/mol. The normalized spacial score (nSPS) is 10.6. The molecule has 0 bridgehead atoms. The van der Waals surface area contributed by atoms with E-state index in [-0.39, 0.29) is 0 Å². The average Bonchev–Trinajstić information content (AvgIpc) is 2.24. The molecule has 1 rings (SSSR count). The summed E-state index contributed by atoms with van der Waals surface area (Å²) in [5.41, 5.74) is 9.15. The largest absolute Gasteiger partial charge is 0.370 e. The Hall–Kier alpha value is -1.95. The van der Waals surface area contributed by atoms with Gasteiger partial charge in [-0.15, -0.1) is 5.92 Å². The molecule has 0 heterocycles. The maximum atomic E-state index is 5.71. The van der Waals surface area contributed by atoms with Crippen LogP contribution in [0, 0.1) is 25.7 Å². The second-order valence-electron chi connectivity index (χ2n) is 3.55. The number of guanidine groups is 1. The SMILES string of the molecule is CC#CCN=C(N)Nc1ccc(C)c(C)c1. The topological polar surface area (TPSA) is 50.4 Å². The van der Waals surface area contributed by atoms with E-state index in [1.165, 1.54) is 11.1 Å². The van der Waals surface area contributed by atoms with Crippen LogP contribution in [0.2, 0.25) is 0 Å². The first-order valence-electron chi connectivity index (χ1n) is 5.17. The van der Waals surface area contributed by atoms with Gasteiger partial charge < -0.3 is 11.1 Å². The van der Waals surface area contributed by atoms with Gasteiger partial charge in [0.15, 0.2) is 5.96 Å². The van der Waals surface area contributed by atoms with Crippen LogP contribution in [0.3, 0.4) is 0 Å². The molecule has 1 aromatic rings. The Labute approximate surface area is 96.8 Å². The van der Waals surface area contributed by atoms with Crippen LogP contribution in [0.4, 0.5) is 5.69 Å². The fourth-order valence-corrected chi connectivity index (χ4v) is 1.21. The molecule has 3 N–H and O–H groups in total. The number of nitrogens with one attached hydrogen (secondary N) is 1. The van der Waals surface area contributed by atoms with Crippen LogP contribution >= 0.6 is 0 Å². The van der Waals surface area contributed by atoms with Crippen molar-refractivity contribution in [1.29, 1.82) is 0 Å². The maximum absolute atomic E-state index is 5.71. The van der Waals surface area contributed by atoms with Crippen LogP contribution in [0.1, 0.15) is 18.1 Å². The smallest absolute Gasteiger partial charge is 0.194 e. The lowest BCUT2D eigenvalue weighted by atomic mass is 10.1. The summed E-state index contributed by atoms with van der Waals surface area (Å²) >= 11 is 0. The number of nitrogens with two attached hydrogens (primary N) is 1. The number of anilines is 1. The van der Waals surface area contributed by atoms with Crippen LogP contribution in [0.15, 0.2) is 23.2 Å². The van der Waals surface area contributed by atoms with E-state index in [9.17, 15) is 0 Å². The molecule has 0 amide bonds. The molecular weight excluding hydrogens is 198 g/mol. The highest BCUT2D eigenvalue weighted by Gasteiger charge is 1.97. The molecule has 0 radical (unpaired) electrons. The molecule has 0 aliphatic rings. The fourth-order valence-electron chi connectivity index (χ4n) is 1.21. The molecule has 84 valence electrons. The molecule has 0 saturated heterocycles. The van der Waals surface area contributed by atoms with Crippen molar-refractivity contribution in [1.82, 2.24) is 0 Å². The van der Waals surface area contributed by atoms with E-state index < -0.39 is 0 Å². The Morgan fingerprint density at radius 3 is 2.75 bits per heavy atom. The van der Waals surface area contributed by atoms with Gasteiger partial charge in [-0.2, -0.15) is 0 Å². The lowest BCUT2D eigenvalue weighted by Gasteiger charge is -2.07. The van der Waals surface area contributed by atoms with Crippen molar-refractivity contribution < 1.29 is 0 Å². The lowest BCUT2D eigenvalue weighted by molar-refractivity contribution is 1.25. The van der Waals surface area contributed by atoms with E-state index >= 15 is 0 Å². The van der Waals surface area contributed by atoms with Crippen molar-refractivity contribution in [3.8, 4) is 11.8 Å². The maximum Gasteiger partial charge on any atom is 0.194 e. The lowest BCUT2D eigenvalue weighted by Crippen LogP contribution is -2.22. The van der Waals surface area contributed by atoms with Crippen LogP contribution in [-0.4, -0.2) is 12.5 Å². The van der Waals surface area contributed by atoms with Crippen LogP contribution in [0.5, 0.6) is 0 Å². The molecule has 0 aliphatic carbocycles. The molecular formula is C13H17N3. The van der Waals surface area contributed by atoms with Gasteiger partial charge in [-0.3, -0.25) is 0 Å². The van der Waals surface area contributed by atoms with Crippen LogP contribution in [-0.2, 0) is 0 Å². The number of rotatable bonds is 2. The second kappa shape index (κ2) is 5.82. The molecule has 0 aromatic heterocycles. The summed E-state index contributed by atoms with van der Waals surface area (Å²) in [4.78, 5) is 4.07. The van der Waals surface area contributed by atoms with E-state index in [2.05, 4.69) is 42.1 Å². The van der Waals surface area contributed by atoms with E-state index in [1.807, 2.05) is 12.1 Å². The number of aliphatic imine (C=N–C) groups is 1. The van der Waals surface area contributed by atoms with E-state index in [1.54, 1.807) is 6.92 Å². The summed E-state index contributed by atoms with van der Waals surface area (Å²) in [6.45, 7) is 6.35. The Kier molecular flexibility index (Phi) is 4.41. The first-order chi connectivity index (χ1) is 7.63. The third-order valence-electron chi connectivity index (χ3n) is 2.28. The minimum atomic E-state index is 0.394. The number of hydrogen-bond donors (Lipinski definition) is 2. The van der Waals surface area contributed by atoms with Gasteiger partial charge in [0.1, 0.15) is 6.54 Å². The standard InChI is InChI=1S/C13H17N3/c1-4-5-8-15-13(14)16-12-7-6-10(2)11(3)9-12/h6-7,9H,8H2,1-3H3,(H3,14,15,16). The molecule has 1 aromatic carbocycles. The quantitative estimate of drug-likeness (QED) is 0.450. The van der Waals surface area contributed by atoms with Crippen molar-refractivity contribution in [2.24, 2.45) is 10.7 Å². The average molecular weight is 215 g/mol. The second-order valence-corrected chi connectivity index (χ2v) is 3.55. The van der Waals surface area contributed by atoms with Crippen molar-refractivity contribution in [2.75, 3.05) is 11.9 Å². The molecule has 0 unspecified atom stereocenters. The third kappa shape index (κ3) is 3.66. The summed E-state index contributed by atoms with van der Waals surface area (Å²) in [6, 6.07) is 6.08. The molecule has 3 nitrogen and oxygen atoms in total. The first-order valence-corrected chi connectivity index (χ1v) is 5.17. The number of nitrogens with zero attached hydrogens (tertiary/aromatic N) is 1. The summed E-state index contributed by atoms with van der Waals surface area (Å²) in [5, 5.41) is 3.03. The Morgan fingerprint density at radius 1 is 1.38 bits per heavy atom. The number of hydrogen-bond acceptors (Lipinski definition) is 1. The number of benzene rings is 1. The Balaban J connectivity index is 2.68. The molecule has 0 fully saturated rings. The van der Waals surface area contributed by atoms with Crippen molar-refractivity contribution in [2.45, 2.75) is 20.8 Å². The summed E-state index contributed by atoms with van der Waals surface area (Å²) in [6.07, 6.45) is 0. The van der Waals surface area contributed by atoms with Gasteiger partial charge in [0.25, 0.3) is 0 Å². The molecule has 0 atom stereocenters. The highest BCUT2D eigenvalue weighted by Crippen LogP contribution is 2.13. The van der Waals surface area contributed by atoms with Gasteiger partial charge in [-0.1, -0.05) is 12.0 Å². The predicted octanol–water partition coefficient (Wildman–Crippen LogP) is 2.05. The molecule has 3 heteroatoms. The van der Waals surface area contributed by atoms with Crippen LogP contribution in [0.25, 0.3) is 0 Å². The Bertz CT molecular complexity index is 450. The van der Waals surface area contributed by atoms with E-state index in [4.69, 9.17) is 5.73 Å². The third-order valence-corrected chi connectivity index (χ3v) is 2.28. The van der Waals surface area contributed by atoms with Gasteiger partial charge in [-0.25, -0.2) is 4.99 Å². The molecule has 0 saturated carbocycles. The zero-order chi connectivity index (χ0) is 12.0. The zero-order valence-corrected chi connectivity index (χ0v) is 9.96. The van der Waals surface area contributed by atoms with Gasteiger partial charge in [0, 0.05) is 5.69 Å². The molecule has 16 heavy (non-hydrogen) atoms. The van der Waals surface area contributed by atoms with Gasteiger partial charge in [0.05, 0.1) is 0 Å². The summed E-state index contributed by atoms with van der Waals surface area (Å²) in [5.74, 6) is 5.99. The minimum Gasteiger partial charge on any atom is -0.370 e. The van der Waals surface area contributed by atoms with Gasteiger partial charge in [-0.05, 0) is 44.0 Å². The van der Waals surface area contributed by atoms with Gasteiger partial charge in [0.2, 0.25) is 0 Å². The summed E-state index contributed by atoms with van der Waals surface area (Å²) in [7, 11) is 0. The van der Waals surface area contributed by atoms with Crippen LogP contribution < -0.4 is 11.1 Å². The first kappa shape index (κ1) is 12.1. The molecule has 0 spiro atoms.